The van der Waals surface area contributed by atoms with E-state index in [1.54, 1.807) is 40.7 Å². The minimum Gasteiger partial charge on any atom is -0.457 e. The van der Waals surface area contributed by atoms with Gasteiger partial charge < -0.3 is 19.3 Å². The quantitative estimate of drug-likeness (QED) is 0.341. The molecule has 1 aliphatic rings. The highest BCUT2D eigenvalue weighted by molar-refractivity contribution is 14.1. The molecule has 1 heterocycles. The van der Waals surface area contributed by atoms with E-state index in [4.69, 9.17) is 14.2 Å². The lowest BCUT2D eigenvalue weighted by Crippen LogP contribution is -2.35. The van der Waals surface area contributed by atoms with E-state index in [1.165, 1.54) is 6.08 Å². The highest BCUT2D eigenvalue weighted by atomic mass is 127. The molecule has 1 aliphatic heterocycles. The number of hydrogen-bond donors (Lipinski definition) is 1. The van der Waals surface area contributed by atoms with Gasteiger partial charge >= 0.3 is 5.97 Å². The second-order valence-corrected chi connectivity index (χ2v) is 7.06. The van der Waals surface area contributed by atoms with E-state index in [0.29, 0.717) is 4.43 Å². The van der Waals surface area contributed by atoms with Gasteiger partial charge in [0.05, 0.1) is 6.10 Å². The van der Waals surface area contributed by atoms with Crippen LogP contribution in [0, 0.1) is 0 Å². The van der Waals surface area contributed by atoms with Crippen LogP contribution in [-0.4, -0.2) is 45.2 Å². The van der Waals surface area contributed by atoms with Crippen molar-refractivity contribution in [2.24, 2.45) is 0 Å². The Morgan fingerprint density at radius 3 is 2.55 bits per heavy atom. The van der Waals surface area contributed by atoms with Gasteiger partial charge in [-0.05, 0) is 40.7 Å². The van der Waals surface area contributed by atoms with Crippen LogP contribution in [-0.2, 0) is 19.0 Å². The number of ether oxygens (including phenoxy) is 3. The van der Waals surface area contributed by atoms with Crippen molar-refractivity contribution in [3.63, 3.8) is 0 Å². The van der Waals surface area contributed by atoms with Crippen molar-refractivity contribution in [2.75, 3.05) is 4.43 Å². The number of carbonyl (C=O) groups is 1. The SMILES string of the molecule is CC(C)(C)OC(=O)/C=C\[C@@H]1OC(C)(C)O[C@H]1[C@H](O)CI. The van der Waals surface area contributed by atoms with Gasteiger partial charge in [-0.3, -0.25) is 0 Å². The average Bonchev–Trinajstić information content (AvgIpc) is 2.59. The zero-order chi connectivity index (χ0) is 15.6. The van der Waals surface area contributed by atoms with E-state index in [0.717, 1.165) is 0 Å². The van der Waals surface area contributed by atoms with Crippen LogP contribution < -0.4 is 0 Å². The molecule has 3 atom stereocenters. The van der Waals surface area contributed by atoms with Gasteiger partial charge in [-0.15, -0.1) is 0 Å². The van der Waals surface area contributed by atoms with Crippen molar-refractivity contribution in [3.8, 4) is 0 Å². The Morgan fingerprint density at radius 2 is 2.05 bits per heavy atom. The molecule has 1 N–H and O–H groups in total. The first-order valence-corrected chi connectivity index (χ1v) is 8.07. The summed E-state index contributed by atoms with van der Waals surface area (Å²) in [5.41, 5.74) is -0.533. The van der Waals surface area contributed by atoms with Crippen LogP contribution in [0.3, 0.4) is 0 Å². The third kappa shape index (κ3) is 5.67. The van der Waals surface area contributed by atoms with Crippen LogP contribution >= 0.6 is 22.6 Å². The predicted octanol–water partition coefficient (Wildman–Crippen LogP) is 2.20. The number of esters is 1. The van der Waals surface area contributed by atoms with Gasteiger partial charge in [0.15, 0.2) is 5.79 Å². The fourth-order valence-electron chi connectivity index (χ4n) is 1.86. The predicted molar refractivity (Wildman–Crippen MR) is 83.7 cm³/mol. The van der Waals surface area contributed by atoms with Crippen LogP contribution in [0.15, 0.2) is 12.2 Å². The summed E-state index contributed by atoms with van der Waals surface area (Å²) < 4.78 is 17.1. The molecule has 20 heavy (non-hydrogen) atoms. The Kier molecular flexibility index (Phi) is 6.01. The fraction of sp³-hybridized carbons (Fsp3) is 0.786. The molecule has 116 valence electrons. The lowest BCUT2D eigenvalue weighted by atomic mass is 10.1. The fourth-order valence-corrected chi connectivity index (χ4v) is 2.36. The summed E-state index contributed by atoms with van der Waals surface area (Å²) in [6.45, 7) is 8.97. The van der Waals surface area contributed by atoms with Gasteiger partial charge in [0.1, 0.15) is 17.8 Å². The molecule has 6 heteroatoms. The summed E-state index contributed by atoms with van der Waals surface area (Å²) in [7, 11) is 0. The van der Waals surface area contributed by atoms with Gasteiger partial charge in [0, 0.05) is 10.5 Å². The summed E-state index contributed by atoms with van der Waals surface area (Å²) in [4.78, 5) is 11.7. The first-order valence-electron chi connectivity index (χ1n) is 6.55. The molecule has 1 saturated heterocycles. The third-order valence-electron chi connectivity index (χ3n) is 2.53. The van der Waals surface area contributed by atoms with Crippen molar-refractivity contribution in [2.45, 2.75) is 64.3 Å². The maximum atomic E-state index is 11.7. The summed E-state index contributed by atoms with van der Waals surface area (Å²) in [6, 6.07) is 0. The molecule has 1 fully saturated rings. The van der Waals surface area contributed by atoms with E-state index in [-0.39, 0.29) is 0 Å². The van der Waals surface area contributed by atoms with E-state index >= 15 is 0 Å². The largest absolute Gasteiger partial charge is 0.457 e. The van der Waals surface area contributed by atoms with Crippen molar-refractivity contribution >= 4 is 28.6 Å². The molecule has 0 unspecified atom stereocenters. The Bertz CT molecular complexity index is 372. The van der Waals surface area contributed by atoms with E-state index < -0.39 is 35.7 Å². The molecule has 0 aromatic heterocycles. The van der Waals surface area contributed by atoms with Crippen molar-refractivity contribution in [1.29, 1.82) is 0 Å². The molecular weight excluding hydrogens is 375 g/mol. The summed E-state index contributed by atoms with van der Waals surface area (Å²) in [6.07, 6.45) is 1.31. The van der Waals surface area contributed by atoms with E-state index in [9.17, 15) is 9.90 Å². The summed E-state index contributed by atoms with van der Waals surface area (Å²) in [5, 5.41) is 9.95. The molecule has 0 aliphatic carbocycles. The van der Waals surface area contributed by atoms with E-state index in [2.05, 4.69) is 22.6 Å². The second kappa shape index (κ2) is 6.72. The highest BCUT2D eigenvalue weighted by Crippen LogP contribution is 2.31. The van der Waals surface area contributed by atoms with Crippen LogP contribution in [0.1, 0.15) is 34.6 Å². The minimum absolute atomic E-state index is 0.437. The van der Waals surface area contributed by atoms with Crippen LogP contribution in [0.4, 0.5) is 0 Å². The maximum Gasteiger partial charge on any atom is 0.331 e. The van der Waals surface area contributed by atoms with Gasteiger partial charge in [0.2, 0.25) is 0 Å². The number of carbonyl (C=O) groups excluding carboxylic acids is 1. The number of rotatable bonds is 4. The molecule has 0 aromatic carbocycles. The second-order valence-electron chi connectivity index (χ2n) is 6.18. The maximum absolute atomic E-state index is 11.7. The average molecular weight is 398 g/mol. The molecule has 0 amide bonds. The van der Waals surface area contributed by atoms with Crippen molar-refractivity contribution in [3.05, 3.63) is 12.2 Å². The third-order valence-corrected chi connectivity index (χ3v) is 3.43. The van der Waals surface area contributed by atoms with Crippen LogP contribution in [0.2, 0.25) is 0 Å². The lowest BCUT2D eigenvalue weighted by Gasteiger charge is -2.20. The highest BCUT2D eigenvalue weighted by Gasteiger charge is 2.43. The number of aliphatic hydroxyl groups is 1. The van der Waals surface area contributed by atoms with Crippen LogP contribution in [0.5, 0.6) is 0 Å². The molecule has 0 bridgehead atoms. The van der Waals surface area contributed by atoms with Gasteiger partial charge in [-0.2, -0.15) is 0 Å². The Morgan fingerprint density at radius 1 is 1.45 bits per heavy atom. The van der Waals surface area contributed by atoms with Gasteiger partial charge in [-0.25, -0.2) is 4.79 Å². The molecule has 0 spiro atoms. The smallest absolute Gasteiger partial charge is 0.331 e. The first kappa shape index (κ1) is 17.9. The van der Waals surface area contributed by atoms with Crippen LogP contribution in [0.25, 0.3) is 0 Å². The number of halogens is 1. The minimum atomic E-state index is -0.777. The zero-order valence-corrected chi connectivity index (χ0v) is 14.7. The zero-order valence-electron chi connectivity index (χ0n) is 12.6. The van der Waals surface area contributed by atoms with Gasteiger partial charge in [-0.1, -0.05) is 22.6 Å². The summed E-state index contributed by atoms with van der Waals surface area (Å²) in [5.74, 6) is -1.21. The van der Waals surface area contributed by atoms with Crippen molar-refractivity contribution in [1.82, 2.24) is 0 Å². The topological polar surface area (TPSA) is 65.0 Å². The molecule has 1 rings (SSSR count). The molecule has 0 aromatic rings. The van der Waals surface area contributed by atoms with Gasteiger partial charge in [0.25, 0.3) is 0 Å². The standard InChI is InChI=1S/C14H23IO5/c1-13(2,3)19-11(17)7-6-10-12(9(16)8-15)20-14(4,5)18-10/h6-7,9-10,12,16H,8H2,1-5H3/b7-6-/t9-,10+,12+/m1/s1. The first-order chi connectivity index (χ1) is 9.04. The Balaban J connectivity index is 2.71. The number of alkyl halides is 1. The number of hydrogen-bond acceptors (Lipinski definition) is 5. The lowest BCUT2D eigenvalue weighted by molar-refractivity contribution is -0.152. The Hall–Kier alpha value is -0.180. The summed E-state index contributed by atoms with van der Waals surface area (Å²) >= 11 is 2.08. The molecule has 5 nitrogen and oxygen atoms in total. The van der Waals surface area contributed by atoms with Crippen molar-refractivity contribution < 1.29 is 24.1 Å². The molecule has 0 radical (unpaired) electrons. The molecule has 0 saturated carbocycles. The number of aliphatic hydroxyl groups excluding tert-OH is 1. The van der Waals surface area contributed by atoms with E-state index in [1.807, 2.05) is 0 Å². The normalized spacial score (nSPS) is 27.8. The Labute approximate surface area is 133 Å². The monoisotopic (exact) mass is 398 g/mol. The molecular formula is C14H23IO5.